The van der Waals surface area contributed by atoms with Crippen LogP contribution in [0.4, 0.5) is 0 Å². The van der Waals surface area contributed by atoms with Gasteiger partial charge in [0.1, 0.15) is 5.52 Å². The molecule has 0 aliphatic heterocycles. The van der Waals surface area contributed by atoms with Gasteiger partial charge in [0.15, 0.2) is 9.84 Å². The number of aromatic amines is 1. The highest BCUT2D eigenvalue weighted by atomic mass is 32.2. The van der Waals surface area contributed by atoms with E-state index in [1.807, 2.05) is 36.4 Å². The number of sulfone groups is 1. The predicted octanol–water partition coefficient (Wildman–Crippen LogP) is 3.97. The van der Waals surface area contributed by atoms with Gasteiger partial charge in [-0.15, -0.1) is 0 Å². The van der Waals surface area contributed by atoms with Gasteiger partial charge < -0.3 is 14.1 Å². The summed E-state index contributed by atoms with van der Waals surface area (Å²) in [5.74, 6) is 0. The molecule has 0 amide bonds. The van der Waals surface area contributed by atoms with Crippen molar-refractivity contribution in [3.05, 3.63) is 99.8 Å². The molecule has 1 N–H and O–H groups in total. The Bertz CT molecular complexity index is 1830. The Morgan fingerprint density at radius 2 is 1.43 bits per heavy atom. The molecule has 0 spiro atoms. The third-order valence-electron chi connectivity index (χ3n) is 6.14. The zero-order valence-electron chi connectivity index (χ0n) is 19.4. The number of hydrogen-bond donors (Lipinski definition) is 1. The molecule has 176 valence electrons. The van der Waals surface area contributed by atoms with Crippen molar-refractivity contribution < 1.29 is 8.42 Å². The second kappa shape index (κ2) is 8.25. The number of aryl methyl sites for hydroxylation is 2. The van der Waals surface area contributed by atoms with E-state index in [4.69, 9.17) is 0 Å². The molecule has 0 radical (unpaired) electrons. The highest BCUT2D eigenvalue weighted by Gasteiger charge is 2.18. The number of benzene rings is 2. The first-order valence-corrected chi connectivity index (χ1v) is 12.8. The van der Waals surface area contributed by atoms with Crippen molar-refractivity contribution in [3.63, 3.8) is 0 Å². The van der Waals surface area contributed by atoms with Crippen LogP contribution < -0.4 is 11.1 Å². The van der Waals surface area contributed by atoms with Crippen LogP contribution >= 0.6 is 0 Å². The minimum atomic E-state index is -3.39. The molecule has 8 heteroatoms. The van der Waals surface area contributed by atoms with E-state index >= 15 is 0 Å². The molecule has 0 bridgehead atoms. The number of aromatic nitrogens is 3. The topological polar surface area (TPSA) is 93.9 Å². The largest absolute Gasteiger partial charge is 0.350 e. The van der Waals surface area contributed by atoms with Crippen LogP contribution in [0.2, 0.25) is 0 Å². The van der Waals surface area contributed by atoms with Gasteiger partial charge in [-0.05, 0) is 34.9 Å². The van der Waals surface area contributed by atoms with Gasteiger partial charge in [0, 0.05) is 61.0 Å². The summed E-state index contributed by atoms with van der Waals surface area (Å²) in [6.07, 6.45) is 4.69. The average molecular weight is 486 g/mol. The first-order valence-electron chi connectivity index (χ1n) is 10.9. The Hall–Kier alpha value is -4.17. The highest BCUT2D eigenvalue weighted by Crippen LogP contribution is 2.36. The highest BCUT2D eigenvalue weighted by molar-refractivity contribution is 7.90. The number of nitrogens with one attached hydrogen (secondary N) is 1. The van der Waals surface area contributed by atoms with Crippen LogP contribution in [0.1, 0.15) is 0 Å². The van der Waals surface area contributed by atoms with Gasteiger partial charge >= 0.3 is 0 Å². The molecule has 7 nitrogen and oxygen atoms in total. The first kappa shape index (κ1) is 22.6. The maximum atomic E-state index is 13.0. The summed E-state index contributed by atoms with van der Waals surface area (Å²) < 4.78 is 27.1. The van der Waals surface area contributed by atoms with E-state index in [-0.39, 0.29) is 16.0 Å². The number of hydrogen-bond acceptors (Lipinski definition) is 4. The summed E-state index contributed by atoms with van der Waals surface area (Å²) in [5.41, 5.74) is 4.47. The molecule has 0 aliphatic carbocycles. The molecule has 0 fully saturated rings. The molecule has 0 unspecified atom stereocenters. The zero-order valence-corrected chi connectivity index (χ0v) is 20.3. The van der Waals surface area contributed by atoms with Gasteiger partial charge in [-0.1, -0.05) is 42.5 Å². The Labute approximate surface area is 201 Å². The molecule has 3 heterocycles. The fourth-order valence-electron chi connectivity index (χ4n) is 4.30. The Morgan fingerprint density at radius 3 is 2.14 bits per heavy atom. The monoisotopic (exact) mass is 485 g/mol. The number of fused-ring (bicyclic) bond motifs is 1. The predicted molar refractivity (Wildman–Crippen MR) is 138 cm³/mol. The molecular weight excluding hydrogens is 462 g/mol. The van der Waals surface area contributed by atoms with Gasteiger partial charge in [0.25, 0.3) is 11.1 Å². The van der Waals surface area contributed by atoms with Crippen LogP contribution in [0, 0.1) is 0 Å². The summed E-state index contributed by atoms with van der Waals surface area (Å²) in [6.45, 7) is 0. The molecule has 0 aliphatic rings. The van der Waals surface area contributed by atoms with Crippen LogP contribution in [0.5, 0.6) is 0 Å². The van der Waals surface area contributed by atoms with E-state index in [0.717, 1.165) is 22.9 Å². The van der Waals surface area contributed by atoms with Crippen molar-refractivity contribution >= 4 is 20.7 Å². The lowest BCUT2D eigenvalue weighted by molar-refractivity contribution is 0.602. The van der Waals surface area contributed by atoms with E-state index in [0.29, 0.717) is 27.7 Å². The fourth-order valence-corrected chi connectivity index (χ4v) is 4.97. The Kier molecular flexibility index (Phi) is 5.33. The Morgan fingerprint density at radius 1 is 0.743 bits per heavy atom. The van der Waals surface area contributed by atoms with Gasteiger partial charge in [-0.2, -0.15) is 0 Å². The van der Waals surface area contributed by atoms with Crippen LogP contribution in [-0.4, -0.2) is 28.8 Å². The van der Waals surface area contributed by atoms with Crippen molar-refractivity contribution in [2.75, 3.05) is 6.26 Å². The number of pyridine rings is 2. The number of rotatable bonds is 4. The smallest absolute Gasteiger partial charge is 0.274 e. The van der Waals surface area contributed by atoms with Crippen molar-refractivity contribution in [2.24, 2.45) is 14.1 Å². The van der Waals surface area contributed by atoms with Gasteiger partial charge in [0.2, 0.25) is 0 Å². The fraction of sp³-hybridized carbons (Fsp3) is 0.111. The maximum Gasteiger partial charge on any atom is 0.274 e. The SMILES string of the molecule is Cn1cc(-c2ccccc2)c(-c2cn(C)c(=O)c3[nH]c(-c4cccc(S(C)(=O)=O)c4)cc23)cc1=O. The normalized spacial score (nSPS) is 11.7. The molecule has 5 aromatic rings. The first-order chi connectivity index (χ1) is 16.6. The second-order valence-electron chi connectivity index (χ2n) is 8.65. The molecule has 5 rings (SSSR count). The lowest BCUT2D eigenvalue weighted by Crippen LogP contribution is -2.18. The van der Waals surface area contributed by atoms with E-state index in [9.17, 15) is 18.0 Å². The van der Waals surface area contributed by atoms with E-state index < -0.39 is 9.84 Å². The quantitative estimate of drug-likeness (QED) is 0.417. The summed E-state index contributed by atoms with van der Waals surface area (Å²) in [4.78, 5) is 29.1. The molecule has 0 atom stereocenters. The van der Waals surface area contributed by atoms with E-state index in [2.05, 4.69) is 4.98 Å². The minimum Gasteiger partial charge on any atom is -0.350 e. The molecule has 3 aromatic heterocycles. The van der Waals surface area contributed by atoms with Crippen LogP contribution in [0.25, 0.3) is 44.4 Å². The molecule has 35 heavy (non-hydrogen) atoms. The number of nitrogens with zero attached hydrogens (tertiary/aromatic N) is 2. The van der Waals surface area contributed by atoms with E-state index in [1.165, 1.54) is 15.2 Å². The number of H-pyrrole nitrogens is 1. The van der Waals surface area contributed by atoms with Gasteiger partial charge in [-0.3, -0.25) is 9.59 Å². The summed E-state index contributed by atoms with van der Waals surface area (Å²) in [7, 11) is -0.0189. The van der Waals surface area contributed by atoms with Crippen LogP contribution in [-0.2, 0) is 23.9 Å². The van der Waals surface area contributed by atoms with Crippen molar-refractivity contribution in [1.29, 1.82) is 0 Å². The van der Waals surface area contributed by atoms with Crippen molar-refractivity contribution in [3.8, 4) is 33.5 Å². The molecule has 0 saturated carbocycles. The lowest BCUT2D eigenvalue weighted by atomic mass is 9.95. The van der Waals surface area contributed by atoms with Gasteiger partial charge in [-0.25, -0.2) is 8.42 Å². The minimum absolute atomic E-state index is 0.168. The zero-order chi connectivity index (χ0) is 24.9. The molecule has 2 aromatic carbocycles. The Balaban J connectivity index is 1.81. The maximum absolute atomic E-state index is 13.0. The summed E-state index contributed by atoms with van der Waals surface area (Å²) in [5, 5.41) is 0.651. The standard InChI is InChI=1S/C27H23N3O4S/c1-29-15-22(17-8-5-4-6-9-17)20(14-25(29)31)23-16-30(2)27(32)26-21(23)13-24(28-26)18-10-7-11-19(12-18)35(3,33)34/h4-16,28H,1-3H3. The van der Waals surface area contributed by atoms with Crippen LogP contribution in [0.3, 0.4) is 0 Å². The summed E-state index contributed by atoms with van der Waals surface area (Å²) in [6, 6.07) is 19.7. The van der Waals surface area contributed by atoms with Gasteiger partial charge in [0.05, 0.1) is 4.90 Å². The third kappa shape index (κ3) is 4.02. The summed E-state index contributed by atoms with van der Waals surface area (Å²) >= 11 is 0. The second-order valence-corrected chi connectivity index (χ2v) is 10.7. The third-order valence-corrected chi connectivity index (χ3v) is 7.25. The van der Waals surface area contributed by atoms with Crippen molar-refractivity contribution in [2.45, 2.75) is 4.90 Å². The average Bonchev–Trinajstić information content (AvgIpc) is 3.29. The lowest BCUT2D eigenvalue weighted by Gasteiger charge is -2.14. The van der Waals surface area contributed by atoms with Crippen molar-refractivity contribution in [1.82, 2.24) is 14.1 Å². The van der Waals surface area contributed by atoms with E-state index in [1.54, 1.807) is 50.8 Å². The molecular formula is C27H23N3O4S. The van der Waals surface area contributed by atoms with Crippen LogP contribution in [0.15, 0.2) is 93.6 Å². The molecule has 0 saturated heterocycles.